The van der Waals surface area contributed by atoms with Gasteiger partial charge in [0.1, 0.15) is 17.3 Å². The Morgan fingerprint density at radius 1 is 0.310 bits per heavy atom. The van der Waals surface area contributed by atoms with Gasteiger partial charge in [-0.2, -0.15) is 5.26 Å². The molecule has 0 saturated carbocycles. The summed E-state index contributed by atoms with van der Waals surface area (Å²) in [7, 11) is 0. The van der Waals surface area contributed by atoms with Gasteiger partial charge in [-0.25, -0.2) is 0 Å². The monoisotopic (exact) mass is 1100 g/mol. The Morgan fingerprint density at radius 2 is 0.619 bits per heavy atom. The first-order chi connectivity index (χ1) is 39.4. The first kappa shape index (κ1) is 54.9. The molecule has 0 N–H and O–H groups in total. The standard InChI is InChI=1S/C79H80N4O/c1-74(2,3)47-27-33-62-55(39-47)56-40-48(75(4,5)6)28-34-63(56)81(62)69-61(45-80)68-54-26-22-25-53(46-23-20-19-21-24-46)72(54)84-73(68)71(83-66-37-31-51(78(13,14)15)43-59(66)60-44-52(79(16,17)18)32-38-67(60)83)70(69)82-64-35-29-49(76(7,8)9)41-57(64)58-42-50(77(10,11)12)30-36-65(58)82/h19-44H,1-18H3. The fraction of sp³-hybridized carbons (Fsp3) is 0.304. The van der Waals surface area contributed by atoms with E-state index in [0.717, 1.165) is 99.2 Å². The van der Waals surface area contributed by atoms with E-state index in [1.165, 1.54) is 44.2 Å². The van der Waals surface area contributed by atoms with Crippen molar-refractivity contribution in [1.29, 1.82) is 5.26 Å². The Morgan fingerprint density at radius 3 is 0.929 bits per heavy atom. The zero-order valence-electron chi connectivity index (χ0n) is 52.7. The molecule has 84 heavy (non-hydrogen) atoms. The maximum Gasteiger partial charge on any atom is 0.163 e. The van der Waals surface area contributed by atoms with Crippen molar-refractivity contribution in [3.8, 4) is 34.3 Å². The van der Waals surface area contributed by atoms with Crippen LogP contribution in [-0.2, 0) is 32.5 Å². The summed E-state index contributed by atoms with van der Waals surface area (Å²) in [6.07, 6.45) is 0. The minimum Gasteiger partial charge on any atom is -0.453 e. The second-order valence-corrected chi connectivity index (χ2v) is 30.3. The summed E-state index contributed by atoms with van der Waals surface area (Å²) in [6.45, 7) is 41.5. The molecule has 9 aromatic carbocycles. The summed E-state index contributed by atoms with van der Waals surface area (Å²) < 4.78 is 15.3. The highest BCUT2D eigenvalue weighted by molar-refractivity contribution is 6.21. The van der Waals surface area contributed by atoms with Crippen LogP contribution in [0.2, 0.25) is 0 Å². The zero-order chi connectivity index (χ0) is 59.7. The topological polar surface area (TPSA) is 51.7 Å². The molecule has 0 amide bonds. The van der Waals surface area contributed by atoms with E-state index in [1.54, 1.807) is 0 Å². The van der Waals surface area contributed by atoms with Crippen LogP contribution in [0.15, 0.2) is 162 Å². The third-order valence-corrected chi connectivity index (χ3v) is 18.2. The minimum atomic E-state index is -0.125. The van der Waals surface area contributed by atoms with Gasteiger partial charge in [-0.1, -0.05) is 210 Å². The number of nitriles is 1. The molecule has 4 heterocycles. The lowest BCUT2D eigenvalue weighted by Crippen LogP contribution is -2.13. The number of fused-ring (bicyclic) bond motifs is 12. The van der Waals surface area contributed by atoms with Crippen LogP contribution in [0.3, 0.4) is 0 Å². The predicted octanol–water partition coefficient (Wildman–Crippen LogP) is 22.2. The van der Waals surface area contributed by atoms with E-state index in [-0.39, 0.29) is 32.5 Å². The summed E-state index contributed by atoms with van der Waals surface area (Å²) >= 11 is 0. The van der Waals surface area contributed by atoms with Gasteiger partial charge < -0.3 is 18.1 Å². The van der Waals surface area contributed by atoms with E-state index < -0.39 is 0 Å². The van der Waals surface area contributed by atoms with Gasteiger partial charge in [0.2, 0.25) is 0 Å². The van der Waals surface area contributed by atoms with E-state index in [4.69, 9.17) is 4.42 Å². The van der Waals surface area contributed by atoms with Gasteiger partial charge in [0.25, 0.3) is 0 Å². The van der Waals surface area contributed by atoms with Crippen molar-refractivity contribution in [3.63, 3.8) is 0 Å². The van der Waals surface area contributed by atoms with Crippen molar-refractivity contribution < 1.29 is 4.42 Å². The van der Waals surface area contributed by atoms with Crippen LogP contribution in [-0.4, -0.2) is 13.7 Å². The first-order valence-electron chi connectivity index (χ1n) is 30.2. The lowest BCUT2D eigenvalue weighted by molar-refractivity contribution is 0.590. The van der Waals surface area contributed by atoms with Gasteiger partial charge in [-0.05, 0) is 144 Å². The number of hydrogen-bond donors (Lipinski definition) is 0. The average molecular weight is 1100 g/mol. The fourth-order valence-corrected chi connectivity index (χ4v) is 13.2. The molecule has 0 saturated heterocycles. The number of para-hydroxylation sites is 1. The third-order valence-electron chi connectivity index (χ3n) is 18.2. The summed E-state index contributed by atoms with van der Waals surface area (Å²) in [4.78, 5) is 0. The highest BCUT2D eigenvalue weighted by Crippen LogP contribution is 2.52. The lowest BCUT2D eigenvalue weighted by atomic mass is 9.85. The normalized spacial score (nSPS) is 13.3. The fourth-order valence-electron chi connectivity index (χ4n) is 13.2. The number of furan rings is 1. The van der Waals surface area contributed by atoms with Crippen molar-refractivity contribution in [1.82, 2.24) is 13.7 Å². The molecule has 0 atom stereocenters. The molecular formula is C79H80N4O. The maximum absolute atomic E-state index is 12.7. The van der Waals surface area contributed by atoms with Crippen LogP contribution in [0.25, 0.3) is 116 Å². The molecule has 0 radical (unpaired) electrons. The smallest absolute Gasteiger partial charge is 0.163 e. The summed E-state index contributed by atoms with van der Waals surface area (Å²) in [5.41, 5.74) is 19.6. The highest BCUT2D eigenvalue weighted by atomic mass is 16.3. The third kappa shape index (κ3) is 8.52. The average Bonchev–Trinajstić information content (AvgIpc) is 1.89. The minimum absolute atomic E-state index is 0.117. The van der Waals surface area contributed by atoms with Crippen LogP contribution in [0, 0.1) is 11.3 Å². The lowest BCUT2D eigenvalue weighted by Gasteiger charge is -2.25. The van der Waals surface area contributed by atoms with Gasteiger partial charge in [0, 0.05) is 43.3 Å². The van der Waals surface area contributed by atoms with Crippen molar-refractivity contribution >= 4 is 87.4 Å². The Hall–Kier alpha value is -8.33. The molecule has 13 rings (SSSR count). The molecule has 422 valence electrons. The van der Waals surface area contributed by atoms with Gasteiger partial charge in [-0.15, -0.1) is 0 Å². The maximum atomic E-state index is 12.7. The second kappa shape index (κ2) is 18.3. The Balaban J connectivity index is 1.37. The first-order valence-corrected chi connectivity index (χ1v) is 30.2. The predicted molar refractivity (Wildman–Crippen MR) is 359 cm³/mol. The number of benzene rings is 9. The van der Waals surface area contributed by atoms with Crippen LogP contribution in [0.4, 0.5) is 0 Å². The molecule has 5 heteroatoms. The summed E-state index contributed by atoms with van der Waals surface area (Å²) in [6, 6.07) is 62.5. The highest BCUT2D eigenvalue weighted by Gasteiger charge is 2.35. The quantitative estimate of drug-likeness (QED) is 0.176. The molecule has 0 aliphatic rings. The summed E-state index contributed by atoms with van der Waals surface area (Å²) in [5, 5.41) is 21.3. The molecule has 13 aromatic rings. The van der Waals surface area contributed by atoms with Crippen LogP contribution >= 0.6 is 0 Å². The number of aromatic nitrogens is 3. The molecule has 0 aliphatic heterocycles. The molecule has 0 unspecified atom stereocenters. The van der Waals surface area contributed by atoms with Crippen LogP contribution in [0.1, 0.15) is 164 Å². The van der Waals surface area contributed by atoms with Crippen LogP contribution < -0.4 is 0 Å². The van der Waals surface area contributed by atoms with E-state index >= 15 is 0 Å². The van der Waals surface area contributed by atoms with Gasteiger partial charge in [0.05, 0.1) is 55.4 Å². The van der Waals surface area contributed by atoms with Crippen LogP contribution in [0.5, 0.6) is 0 Å². The van der Waals surface area contributed by atoms with E-state index in [1.807, 2.05) is 0 Å². The van der Waals surface area contributed by atoms with Gasteiger partial charge in [0.15, 0.2) is 5.58 Å². The molecule has 4 aromatic heterocycles. The number of nitrogens with zero attached hydrogens (tertiary/aromatic N) is 4. The molecule has 5 nitrogen and oxygen atoms in total. The van der Waals surface area contributed by atoms with Crippen molar-refractivity contribution in [2.45, 2.75) is 157 Å². The van der Waals surface area contributed by atoms with Crippen molar-refractivity contribution in [2.24, 2.45) is 0 Å². The molecule has 0 fully saturated rings. The molecule has 0 aliphatic carbocycles. The van der Waals surface area contributed by atoms with Gasteiger partial charge >= 0.3 is 0 Å². The SMILES string of the molecule is CC(C)(C)c1ccc2c(c1)c1cc(C(C)(C)C)ccc1n2-c1c(-n2c3ccc(C(C)(C)C)cc3c3cc(C(C)(C)C)ccc32)c(C#N)c2c(oc3c(-c4ccccc4)cccc32)c1-n1c2ccc(C(C)(C)C)cc2c2cc(C(C)(C)C)ccc21. The van der Waals surface area contributed by atoms with E-state index in [2.05, 4.69) is 302 Å². The Kier molecular flexibility index (Phi) is 12.0. The van der Waals surface area contributed by atoms with Crippen molar-refractivity contribution in [3.05, 3.63) is 197 Å². The number of rotatable bonds is 4. The van der Waals surface area contributed by atoms with E-state index in [9.17, 15) is 5.26 Å². The van der Waals surface area contributed by atoms with Crippen molar-refractivity contribution in [2.75, 3.05) is 0 Å². The molecule has 0 bridgehead atoms. The second-order valence-electron chi connectivity index (χ2n) is 30.3. The summed E-state index contributed by atoms with van der Waals surface area (Å²) in [5.74, 6) is 0. The van der Waals surface area contributed by atoms with E-state index in [0.29, 0.717) is 11.1 Å². The molecule has 0 spiro atoms. The largest absolute Gasteiger partial charge is 0.453 e. The zero-order valence-corrected chi connectivity index (χ0v) is 52.7. The Bertz CT molecular complexity index is 4720. The Labute approximate surface area is 496 Å². The number of hydrogen-bond acceptors (Lipinski definition) is 2. The molecular weight excluding hydrogens is 1020 g/mol. The van der Waals surface area contributed by atoms with Gasteiger partial charge in [-0.3, -0.25) is 0 Å².